The lowest BCUT2D eigenvalue weighted by Gasteiger charge is -2.43. The molecule has 68 valence electrons. The molecule has 0 aromatic rings. The van der Waals surface area contributed by atoms with Crippen LogP contribution in [0.1, 0.15) is 25.7 Å². The topological polar surface area (TPSA) is 29.3 Å². The number of nitrogens with zero attached hydrogens (tertiary/aromatic N) is 1. The third-order valence-corrected chi connectivity index (χ3v) is 6.47. The third kappa shape index (κ3) is 1.05. The second-order valence-corrected chi connectivity index (χ2v) is 6.63. The molecule has 3 saturated carbocycles. The van der Waals surface area contributed by atoms with Gasteiger partial charge in [0, 0.05) is 10.5 Å². The summed E-state index contributed by atoms with van der Waals surface area (Å²) in [5.74, 6) is 7.76. The van der Waals surface area contributed by atoms with Crippen molar-refractivity contribution < 1.29 is 0 Å². The predicted molar refractivity (Wildman–Crippen MR) is 54.2 cm³/mol. The van der Waals surface area contributed by atoms with Crippen molar-refractivity contribution in [1.29, 1.82) is 0 Å². The van der Waals surface area contributed by atoms with Gasteiger partial charge >= 0.3 is 0 Å². The fraction of sp³-hybridized carbons (Fsp3) is 1.00. The first-order valence-electron chi connectivity index (χ1n) is 4.73. The predicted octanol–water partition coefficient (Wildman–Crippen LogP) is 2.03. The van der Waals surface area contributed by atoms with Gasteiger partial charge in [0.15, 0.2) is 0 Å². The Morgan fingerprint density at radius 3 is 1.75 bits per heavy atom. The van der Waals surface area contributed by atoms with Gasteiger partial charge in [-0.3, -0.25) is 0 Å². The first kappa shape index (κ1) is 7.97. The zero-order valence-electron chi connectivity index (χ0n) is 6.98. The van der Waals surface area contributed by atoms with Crippen molar-refractivity contribution in [1.82, 2.24) is 3.82 Å². The zero-order valence-corrected chi connectivity index (χ0v) is 8.61. The molecule has 2 N–H and O–H groups in total. The number of fused-ring (bicyclic) bond motifs is 2. The smallest absolute Gasteiger partial charge is 0.0380 e. The van der Waals surface area contributed by atoms with E-state index in [9.17, 15) is 0 Å². The van der Waals surface area contributed by atoms with Crippen molar-refractivity contribution >= 4 is 23.9 Å². The lowest BCUT2D eigenvalue weighted by molar-refractivity contribution is 0.195. The van der Waals surface area contributed by atoms with Crippen LogP contribution in [-0.2, 0) is 0 Å². The highest BCUT2D eigenvalue weighted by Crippen LogP contribution is 2.56. The zero-order chi connectivity index (χ0) is 8.13. The van der Waals surface area contributed by atoms with Crippen molar-refractivity contribution in [3.05, 3.63) is 0 Å². The lowest BCUT2D eigenvalue weighted by Crippen LogP contribution is -2.41. The highest BCUT2D eigenvalue weighted by molar-refractivity contribution is 8.15. The average molecular weight is 202 g/mol. The summed E-state index contributed by atoms with van der Waals surface area (Å²) < 4.78 is 1.89. The molecule has 4 aliphatic rings. The minimum absolute atomic E-state index is 0.854. The van der Waals surface area contributed by atoms with Crippen molar-refractivity contribution in [2.24, 2.45) is 17.7 Å². The molecule has 4 rings (SSSR count). The van der Waals surface area contributed by atoms with E-state index in [2.05, 4.69) is 0 Å². The van der Waals surface area contributed by atoms with Gasteiger partial charge in [0.1, 0.15) is 0 Å². The average Bonchev–Trinajstić information content (AvgIpc) is 2.49. The number of nitrogens with two attached hydrogens (primary N) is 1. The molecule has 1 saturated heterocycles. The molecule has 4 heteroatoms. The molecule has 2 unspecified atom stereocenters. The summed E-state index contributed by atoms with van der Waals surface area (Å²) >= 11 is 3.77. The van der Waals surface area contributed by atoms with Crippen LogP contribution < -0.4 is 5.84 Å². The van der Waals surface area contributed by atoms with Gasteiger partial charge in [-0.2, -0.15) is 0 Å². The molecule has 1 aliphatic heterocycles. The van der Waals surface area contributed by atoms with Gasteiger partial charge in [-0.05, 0) is 61.4 Å². The Bertz CT molecular complexity index is 171. The summed E-state index contributed by atoms with van der Waals surface area (Å²) in [6, 6.07) is 0. The first-order chi connectivity index (χ1) is 5.84. The molecular formula is C8H14N2S2. The molecule has 0 amide bonds. The van der Waals surface area contributed by atoms with Crippen LogP contribution in [0.15, 0.2) is 0 Å². The fourth-order valence-corrected chi connectivity index (χ4v) is 6.04. The number of hydrogen-bond acceptors (Lipinski definition) is 4. The van der Waals surface area contributed by atoms with Crippen LogP contribution in [0.25, 0.3) is 0 Å². The first-order valence-corrected chi connectivity index (χ1v) is 6.40. The molecule has 1 heterocycles. The van der Waals surface area contributed by atoms with Gasteiger partial charge in [0.2, 0.25) is 0 Å². The highest BCUT2D eigenvalue weighted by Gasteiger charge is 2.49. The highest BCUT2D eigenvalue weighted by atomic mass is 32.2. The minimum Gasteiger partial charge on any atom is -0.249 e. The van der Waals surface area contributed by atoms with Crippen LogP contribution in [0.3, 0.4) is 0 Å². The summed E-state index contributed by atoms with van der Waals surface area (Å²) in [7, 11) is 0. The van der Waals surface area contributed by atoms with Crippen LogP contribution in [0.2, 0.25) is 0 Å². The van der Waals surface area contributed by atoms with E-state index in [0.717, 1.165) is 22.3 Å². The second kappa shape index (κ2) is 2.80. The van der Waals surface area contributed by atoms with Gasteiger partial charge in [0.25, 0.3) is 0 Å². The molecule has 4 fully saturated rings. The summed E-state index contributed by atoms with van der Waals surface area (Å²) in [5, 5.41) is 1.71. The van der Waals surface area contributed by atoms with E-state index in [0.29, 0.717) is 0 Å². The van der Waals surface area contributed by atoms with E-state index in [1.54, 1.807) is 0 Å². The summed E-state index contributed by atoms with van der Waals surface area (Å²) in [5.41, 5.74) is 0. The number of hydrazine groups is 1. The van der Waals surface area contributed by atoms with Crippen molar-refractivity contribution in [2.75, 3.05) is 0 Å². The Kier molecular flexibility index (Phi) is 1.86. The van der Waals surface area contributed by atoms with Crippen molar-refractivity contribution in [3.63, 3.8) is 0 Å². The standard InChI is InChI=1S/C8H14N2S2/c9-10-11-7-5-1-2-6(4-3-5)8(7)12-10/h5-8H,1-4,9H2. The molecule has 2 atom stereocenters. The van der Waals surface area contributed by atoms with Crippen LogP contribution in [-0.4, -0.2) is 14.3 Å². The van der Waals surface area contributed by atoms with Crippen LogP contribution >= 0.6 is 23.9 Å². The summed E-state index contributed by atoms with van der Waals surface area (Å²) in [6.07, 6.45) is 5.86. The molecular weight excluding hydrogens is 188 g/mol. The number of rotatable bonds is 0. The molecule has 0 aromatic heterocycles. The Labute approximate surface area is 81.9 Å². The largest absolute Gasteiger partial charge is 0.249 e. The normalized spacial score (nSPS) is 52.8. The van der Waals surface area contributed by atoms with Gasteiger partial charge in [-0.15, -0.1) is 3.82 Å². The molecule has 2 nitrogen and oxygen atoms in total. The van der Waals surface area contributed by atoms with Gasteiger partial charge < -0.3 is 0 Å². The third-order valence-electron chi connectivity index (χ3n) is 3.52. The van der Waals surface area contributed by atoms with E-state index in [1.165, 1.54) is 25.7 Å². The minimum atomic E-state index is 0.854. The van der Waals surface area contributed by atoms with Crippen molar-refractivity contribution in [3.8, 4) is 0 Å². The van der Waals surface area contributed by atoms with E-state index in [4.69, 9.17) is 5.84 Å². The molecule has 12 heavy (non-hydrogen) atoms. The SMILES string of the molecule is NN1SC2C3CCC(CC3)C2S1. The Hall–Kier alpha value is 0.620. The Morgan fingerprint density at radius 2 is 1.33 bits per heavy atom. The fourth-order valence-electron chi connectivity index (χ4n) is 2.90. The molecule has 0 radical (unpaired) electrons. The maximum Gasteiger partial charge on any atom is 0.0380 e. The maximum absolute atomic E-state index is 5.81. The lowest BCUT2D eigenvalue weighted by atomic mass is 9.70. The maximum atomic E-state index is 5.81. The van der Waals surface area contributed by atoms with E-state index >= 15 is 0 Å². The monoisotopic (exact) mass is 202 g/mol. The van der Waals surface area contributed by atoms with E-state index in [1.807, 2.05) is 27.7 Å². The molecule has 3 aliphatic carbocycles. The number of hydrogen-bond donors (Lipinski definition) is 1. The molecule has 2 bridgehead atoms. The van der Waals surface area contributed by atoms with Crippen molar-refractivity contribution in [2.45, 2.75) is 36.2 Å². The Morgan fingerprint density at radius 1 is 0.917 bits per heavy atom. The quantitative estimate of drug-likeness (QED) is 0.481. The van der Waals surface area contributed by atoms with E-state index < -0.39 is 0 Å². The van der Waals surface area contributed by atoms with Crippen LogP contribution in [0.5, 0.6) is 0 Å². The summed E-state index contributed by atoms with van der Waals surface area (Å²) in [6.45, 7) is 0. The Balaban J connectivity index is 1.86. The van der Waals surface area contributed by atoms with Crippen LogP contribution in [0.4, 0.5) is 0 Å². The van der Waals surface area contributed by atoms with E-state index in [-0.39, 0.29) is 0 Å². The molecule has 0 aromatic carbocycles. The van der Waals surface area contributed by atoms with Gasteiger partial charge in [0.05, 0.1) is 0 Å². The second-order valence-electron chi connectivity index (χ2n) is 4.10. The van der Waals surface area contributed by atoms with Crippen LogP contribution in [0, 0.1) is 11.8 Å². The van der Waals surface area contributed by atoms with Gasteiger partial charge in [-0.1, -0.05) is 0 Å². The molecule has 0 spiro atoms. The van der Waals surface area contributed by atoms with Gasteiger partial charge in [-0.25, -0.2) is 5.84 Å². The summed E-state index contributed by atoms with van der Waals surface area (Å²) in [4.78, 5) is 0.